The second-order valence-corrected chi connectivity index (χ2v) is 5.15. The van der Waals surface area contributed by atoms with Gasteiger partial charge in [-0.25, -0.2) is 0 Å². The Hall–Kier alpha value is -1.88. The van der Waals surface area contributed by atoms with E-state index < -0.39 is 0 Å². The minimum atomic E-state index is -0.360. The van der Waals surface area contributed by atoms with Gasteiger partial charge < -0.3 is 5.32 Å². The van der Waals surface area contributed by atoms with E-state index in [1.54, 1.807) is 18.2 Å². The first-order valence-electron chi connectivity index (χ1n) is 6.35. The van der Waals surface area contributed by atoms with Crippen LogP contribution in [0, 0.1) is 0 Å². The fraction of sp³-hybridized carbons (Fsp3) is 0.357. The molecule has 1 fully saturated rings. The van der Waals surface area contributed by atoms with Gasteiger partial charge >= 0.3 is 0 Å². The number of likely N-dealkylation sites (tertiary alicyclic amines) is 1. The van der Waals surface area contributed by atoms with Crippen molar-refractivity contribution in [3.63, 3.8) is 0 Å². The van der Waals surface area contributed by atoms with Crippen LogP contribution in [0.1, 0.15) is 31.4 Å². The Labute approximate surface area is 121 Å². The number of amides is 3. The van der Waals surface area contributed by atoms with E-state index in [1.807, 2.05) is 13.0 Å². The molecule has 106 valence electrons. The summed E-state index contributed by atoms with van der Waals surface area (Å²) in [6.07, 6.45) is 0.381. The van der Waals surface area contributed by atoms with Gasteiger partial charge in [0.15, 0.2) is 0 Å². The van der Waals surface area contributed by atoms with E-state index in [4.69, 9.17) is 11.6 Å². The lowest BCUT2D eigenvalue weighted by atomic mass is 10.1. The Kier molecular flexibility index (Phi) is 4.39. The van der Waals surface area contributed by atoms with Crippen molar-refractivity contribution in [3.05, 3.63) is 34.9 Å². The average molecular weight is 295 g/mol. The highest BCUT2D eigenvalue weighted by Crippen LogP contribution is 2.17. The van der Waals surface area contributed by atoms with E-state index in [0.717, 1.165) is 10.5 Å². The summed E-state index contributed by atoms with van der Waals surface area (Å²) < 4.78 is 0. The largest absolute Gasteiger partial charge is 0.348 e. The van der Waals surface area contributed by atoms with Crippen molar-refractivity contribution in [2.75, 3.05) is 6.54 Å². The molecule has 0 aromatic heterocycles. The van der Waals surface area contributed by atoms with E-state index in [1.165, 1.54) is 0 Å². The zero-order chi connectivity index (χ0) is 14.7. The lowest BCUT2D eigenvalue weighted by molar-refractivity contribution is -0.142. The van der Waals surface area contributed by atoms with Gasteiger partial charge in [-0.3, -0.25) is 19.3 Å². The van der Waals surface area contributed by atoms with Gasteiger partial charge in [0, 0.05) is 17.9 Å². The number of hydrogen-bond donors (Lipinski definition) is 1. The monoisotopic (exact) mass is 294 g/mol. The maximum absolute atomic E-state index is 11.9. The van der Waals surface area contributed by atoms with Crippen molar-refractivity contribution >= 4 is 29.3 Å². The molecule has 0 spiro atoms. The Bertz CT molecular complexity index is 543. The molecule has 5 nitrogen and oxygen atoms in total. The van der Waals surface area contributed by atoms with Gasteiger partial charge in [-0.15, -0.1) is 0 Å². The van der Waals surface area contributed by atoms with Crippen LogP contribution in [0.25, 0.3) is 0 Å². The maximum atomic E-state index is 11.9. The lowest BCUT2D eigenvalue weighted by Gasteiger charge is -2.18. The van der Waals surface area contributed by atoms with Crippen LogP contribution in [0.5, 0.6) is 0 Å². The summed E-state index contributed by atoms with van der Waals surface area (Å²) in [5.41, 5.74) is 0.866. The number of hydrogen-bond acceptors (Lipinski definition) is 3. The van der Waals surface area contributed by atoms with Gasteiger partial charge in [-0.1, -0.05) is 23.7 Å². The van der Waals surface area contributed by atoms with Gasteiger partial charge in [-0.2, -0.15) is 0 Å². The number of imide groups is 1. The molecule has 0 radical (unpaired) electrons. The first-order valence-corrected chi connectivity index (χ1v) is 6.73. The van der Waals surface area contributed by atoms with Crippen LogP contribution in [-0.4, -0.2) is 29.2 Å². The molecule has 1 heterocycles. The van der Waals surface area contributed by atoms with Crippen LogP contribution < -0.4 is 5.32 Å². The van der Waals surface area contributed by atoms with Crippen molar-refractivity contribution in [2.45, 2.75) is 25.8 Å². The van der Waals surface area contributed by atoms with Gasteiger partial charge in [0.2, 0.25) is 17.7 Å². The molecule has 1 aromatic carbocycles. The third-order valence-corrected chi connectivity index (χ3v) is 3.42. The normalized spacial score (nSPS) is 16.4. The molecule has 0 saturated carbocycles. The summed E-state index contributed by atoms with van der Waals surface area (Å²) in [6.45, 7) is 1.60. The van der Waals surface area contributed by atoms with Gasteiger partial charge in [0.1, 0.15) is 6.54 Å². The number of rotatable bonds is 4. The number of nitrogens with zero attached hydrogens (tertiary/aromatic N) is 1. The minimum absolute atomic E-state index is 0.190. The molecule has 1 aliphatic rings. The molecule has 1 atom stereocenters. The van der Waals surface area contributed by atoms with Crippen LogP contribution in [0.3, 0.4) is 0 Å². The minimum Gasteiger partial charge on any atom is -0.348 e. The molecular weight excluding hydrogens is 280 g/mol. The summed E-state index contributed by atoms with van der Waals surface area (Å²) in [6, 6.07) is 6.92. The quantitative estimate of drug-likeness (QED) is 0.859. The fourth-order valence-electron chi connectivity index (χ4n) is 2.09. The van der Waals surface area contributed by atoms with Crippen LogP contribution in [0.2, 0.25) is 5.02 Å². The summed E-state index contributed by atoms with van der Waals surface area (Å²) in [4.78, 5) is 35.7. The number of nitrogens with one attached hydrogen (secondary N) is 1. The van der Waals surface area contributed by atoms with Crippen molar-refractivity contribution in [3.8, 4) is 0 Å². The molecule has 6 heteroatoms. The number of halogens is 1. The first kappa shape index (κ1) is 14.5. The molecular formula is C14H15ClN2O3. The smallest absolute Gasteiger partial charge is 0.240 e. The highest BCUT2D eigenvalue weighted by Gasteiger charge is 2.30. The van der Waals surface area contributed by atoms with Gasteiger partial charge in [0.05, 0.1) is 6.04 Å². The van der Waals surface area contributed by atoms with Crippen LogP contribution >= 0.6 is 11.6 Å². The van der Waals surface area contributed by atoms with Crippen molar-refractivity contribution < 1.29 is 14.4 Å². The van der Waals surface area contributed by atoms with Crippen LogP contribution in [-0.2, 0) is 14.4 Å². The first-order chi connectivity index (χ1) is 9.47. The standard InChI is InChI=1S/C14H15ClN2O3/c1-9(10-3-2-4-11(15)7-10)16-12(18)8-17-13(19)5-6-14(17)20/h2-4,7,9H,5-6,8H2,1H3,(H,16,18)/t9-/m1/s1. The summed E-state index contributed by atoms with van der Waals surface area (Å²) in [5.74, 6) is -0.942. The maximum Gasteiger partial charge on any atom is 0.240 e. The molecule has 1 saturated heterocycles. The molecule has 1 N–H and O–H groups in total. The highest BCUT2D eigenvalue weighted by molar-refractivity contribution is 6.30. The second kappa shape index (κ2) is 6.05. The lowest BCUT2D eigenvalue weighted by Crippen LogP contribution is -2.40. The summed E-state index contributed by atoms with van der Waals surface area (Å²) >= 11 is 5.89. The zero-order valence-corrected chi connectivity index (χ0v) is 11.8. The average Bonchev–Trinajstić information content (AvgIpc) is 2.70. The van der Waals surface area contributed by atoms with E-state index in [0.29, 0.717) is 5.02 Å². The van der Waals surface area contributed by atoms with Crippen molar-refractivity contribution in [1.82, 2.24) is 10.2 Å². The predicted octanol–water partition coefficient (Wildman–Crippen LogP) is 1.67. The molecule has 3 amide bonds. The molecule has 2 rings (SSSR count). The Morgan fingerprint density at radius 2 is 2.00 bits per heavy atom. The molecule has 0 unspecified atom stereocenters. The number of benzene rings is 1. The Morgan fingerprint density at radius 3 is 2.60 bits per heavy atom. The van der Waals surface area contributed by atoms with E-state index in [9.17, 15) is 14.4 Å². The number of carbonyl (C=O) groups excluding carboxylic acids is 3. The molecule has 0 bridgehead atoms. The zero-order valence-electron chi connectivity index (χ0n) is 11.1. The molecule has 1 aromatic rings. The fourth-order valence-corrected chi connectivity index (χ4v) is 2.29. The second-order valence-electron chi connectivity index (χ2n) is 4.72. The van der Waals surface area contributed by atoms with E-state index in [-0.39, 0.29) is 43.1 Å². The van der Waals surface area contributed by atoms with Crippen molar-refractivity contribution in [2.24, 2.45) is 0 Å². The van der Waals surface area contributed by atoms with E-state index >= 15 is 0 Å². The molecule has 0 aliphatic carbocycles. The highest BCUT2D eigenvalue weighted by atomic mass is 35.5. The molecule has 1 aliphatic heterocycles. The van der Waals surface area contributed by atoms with E-state index in [2.05, 4.69) is 5.32 Å². The predicted molar refractivity (Wildman–Crippen MR) is 74.0 cm³/mol. The van der Waals surface area contributed by atoms with Crippen molar-refractivity contribution in [1.29, 1.82) is 0 Å². The summed E-state index contributed by atoms with van der Waals surface area (Å²) in [5, 5.41) is 3.34. The summed E-state index contributed by atoms with van der Waals surface area (Å²) in [7, 11) is 0. The molecule has 20 heavy (non-hydrogen) atoms. The van der Waals surface area contributed by atoms with Crippen LogP contribution in [0.15, 0.2) is 24.3 Å². The SMILES string of the molecule is C[C@@H](NC(=O)CN1C(=O)CCC1=O)c1cccc(Cl)c1. The Balaban J connectivity index is 1.94. The Morgan fingerprint density at radius 1 is 1.35 bits per heavy atom. The third-order valence-electron chi connectivity index (χ3n) is 3.18. The van der Waals surface area contributed by atoms with Crippen LogP contribution in [0.4, 0.5) is 0 Å². The topological polar surface area (TPSA) is 66.5 Å². The number of carbonyl (C=O) groups is 3. The third kappa shape index (κ3) is 3.36. The van der Waals surface area contributed by atoms with Gasteiger partial charge in [0.25, 0.3) is 0 Å². The van der Waals surface area contributed by atoms with Gasteiger partial charge in [-0.05, 0) is 24.6 Å².